The second-order valence-electron chi connectivity index (χ2n) is 7.86. The van der Waals surface area contributed by atoms with Crippen LogP contribution in [0.2, 0.25) is 0 Å². The molecule has 4 aliphatic rings. The molecule has 0 aromatic heterocycles. The van der Waals surface area contributed by atoms with Crippen molar-refractivity contribution in [2.45, 2.75) is 44.1 Å². The maximum atomic E-state index is 12.3. The fourth-order valence-corrected chi connectivity index (χ4v) is 6.58. The van der Waals surface area contributed by atoms with Gasteiger partial charge >= 0.3 is 6.03 Å². The number of halogens is 2. The molecule has 2 amide bonds. The summed E-state index contributed by atoms with van der Waals surface area (Å²) in [5.41, 5.74) is 3.34. The standard InChI is InChI=1S/C18H21Br2N3O2/c19-14-4-13(5-15(20)16(14)24)9-21-23-17(25)22-18-6-10-1-11(7-18)3-12(2-10)8-18/h4-5,9-12,24H,1-3,6-8H2,(H2,22,23,25)/b21-9+. The van der Waals surface area contributed by atoms with E-state index in [1.165, 1.54) is 19.3 Å². The summed E-state index contributed by atoms with van der Waals surface area (Å²) in [4.78, 5) is 12.3. The van der Waals surface area contributed by atoms with Gasteiger partial charge in [-0.3, -0.25) is 0 Å². The van der Waals surface area contributed by atoms with E-state index in [-0.39, 0.29) is 17.3 Å². The number of amides is 2. The van der Waals surface area contributed by atoms with Crippen molar-refractivity contribution in [3.05, 3.63) is 26.6 Å². The molecule has 0 radical (unpaired) electrons. The average Bonchev–Trinajstić information content (AvgIpc) is 2.50. The molecule has 3 N–H and O–H groups in total. The summed E-state index contributed by atoms with van der Waals surface area (Å²) < 4.78 is 1.14. The minimum Gasteiger partial charge on any atom is -0.506 e. The first kappa shape index (κ1) is 17.3. The lowest BCUT2D eigenvalue weighted by atomic mass is 9.53. The predicted octanol–water partition coefficient (Wildman–Crippen LogP) is 4.52. The first-order valence-corrected chi connectivity index (χ1v) is 10.3. The summed E-state index contributed by atoms with van der Waals surface area (Å²) in [6.45, 7) is 0. The van der Waals surface area contributed by atoms with E-state index >= 15 is 0 Å². The van der Waals surface area contributed by atoms with E-state index in [2.05, 4.69) is 47.7 Å². The third-order valence-corrected chi connectivity index (χ3v) is 7.04. The number of hydrazone groups is 1. The van der Waals surface area contributed by atoms with Gasteiger partial charge in [0.2, 0.25) is 0 Å². The molecule has 5 rings (SSSR count). The number of aromatic hydroxyl groups is 1. The Labute approximate surface area is 163 Å². The minimum atomic E-state index is -0.227. The van der Waals surface area contributed by atoms with Gasteiger partial charge in [0.15, 0.2) is 0 Å². The highest BCUT2D eigenvalue weighted by molar-refractivity contribution is 9.11. The van der Waals surface area contributed by atoms with Gasteiger partial charge in [0.25, 0.3) is 0 Å². The molecule has 0 spiro atoms. The number of phenolic OH excluding ortho intramolecular Hbond substituents is 1. The summed E-state index contributed by atoms with van der Waals surface area (Å²) in [7, 11) is 0. The van der Waals surface area contributed by atoms with Crippen LogP contribution < -0.4 is 10.7 Å². The lowest BCUT2D eigenvalue weighted by Crippen LogP contribution is -2.61. The second-order valence-corrected chi connectivity index (χ2v) is 9.56. The van der Waals surface area contributed by atoms with Gasteiger partial charge in [-0.25, -0.2) is 10.2 Å². The van der Waals surface area contributed by atoms with Crippen molar-refractivity contribution >= 4 is 44.1 Å². The Morgan fingerprint density at radius 3 is 2.16 bits per heavy atom. The van der Waals surface area contributed by atoms with Crippen LogP contribution in [0.1, 0.15) is 44.1 Å². The summed E-state index contributed by atoms with van der Waals surface area (Å²) in [6.07, 6.45) is 8.98. The second kappa shape index (κ2) is 6.58. The first-order valence-electron chi connectivity index (χ1n) is 8.72. The Kier molecular flexibility index (Phi) is 4.56. The van der Waals surface area contributed by atoms with Crippen LogP contribution >= 0.6 is 31.9 Å². The zero-order chi connectivity index (χ0) is 17.6. The fourth-order valence-electron chi connectivity index (χ4n) is 5.36. The molecule has 4 bridgehead atoms. The Balaban J connectivity index is 1.37. The van der Waals surface area contributed by atoms with Crippen molar-refractivity contribution in [1.82, 2.24) is 10.7 Å². The van der Waals surface area contributed by atoms with E-state index in [9.17, 15) is 9.90 Å². The molecular formula is C18H21Br2N3O2. The number of nitrogens with zero attached hydrogens (tertiary/aromatic N) is 1. The maximum absolute atomic E-state index is 12.3. The molecule has 0 aliphatic heterocycles. The van der Waals surface area contributed by atoms with Gasteiger partial charge in [-0.1, -0.05) is 0 Å². The van der Waals surface area contributed by atoms with Crippen molar-refractivity contribution in [3.63, 3.8) is 0 Å². The van der Waals surface area contributed by atoms with Crippen LogP contribution in [0.5, 0.6) is 5.75 Å². The average molecular weight is 471 g/mol. The van der Waals surface area contributed by atoms with Gasteiger partial charge in [0.1, 0.15) is 5.75 Å². The zero-order valence-electron chi connectivity index (χ0n) is 13.8. The molecule has 134 valence electrons. The number of carbonyl (C=O) groups is 1. The molecule has 0 atom stereocenters. The number of hydrogen-bond donors (Lipinski definition) is 3. The van der Waals surface area contributed by atoms with Crippen LogP contribution in [0.15, 0.2) is 26.2 Å². The molecule has 1 aromatic rings. The minimum absolute atomic E-state index is 0.0149. The van der Waals surface area contributed by atoms with E-state index in [0.29, 0.717) is 8.95 Å². The first-order chi connectivity index (χ1) is 11.9. The SMILES string of the molecule is O=C(N/N=C/c1cc(Br)c(O)c(Br)c1)NC12CC3CC(CC(C3)C1)C2. The molecular weight excluding hydrogens is 450 g/mol. The van der Waals surface area contributed by atoms with Crippen molar-refractivity contribution < 1.29 is 9.90 Å². The fraction of sp³-hybridized carbons (Fsp3) is 0.556. The van der Waals surface area contributed by atoms with Crippen molar-refractivity contribution in [1.29, 1.82) is 0 Å². The van der Waals surface area contributed by atoms with E-state index in [1.807, 2.05) is 0 Å². The van der Waals surface area contributed by atoms with Gasteiger partial charge in [-0.15, -0.1) is 0 Å². The van der Waals surface area contributed by atoms with Crippen molar-refractivity contribution in [2.24, 2.45) is 22.9 Å². The smallest absolute Gasteiger partial charge is 0.335 e. The molecule has 1 aromatic carbocycles. The molecule has 4 aliphatic carbocycles. The number of carbonyl (C=O) groups excluding carboxylic acids is 1. The number of urea groups is 1. The van der Waals surface area contributed by atoms with E-state index in [0.717, 1.165) is 42.6 Å². The highest BCUT2D eigenvalue weighted by atomic mass is 79.9. The zero-order valence-corrected chi connectivity index (χ0v) is 16.9. The number of benzene rings is 1. The Morgan fingerprint density at radius 1 is 1.12 bits per heavy atom. The molecule has 4 fully saturated rings. The van der Waals surface area contributed by atoms with Crippen LogP contribution in [-0.2, 0) is 0 Å². The normalized spacial score (nSPS) is 33.0. The van der Waals surface area contributed by atoms with Crippen LogP contribution in [0.25, 0.3) is 0 Å². The topological polar surface area (TPSA) is 73.7 Å². The Hall–Kier alpha value is -1.08. The summed E-state index contributed by atoms with van der Waals surface area (Å²) in [5, 5.41) is 17.0. The number of phenols is 1. The lowest BCUT2D eigenvalue weighted by molar-refractivity contribution is -0.0135. The lowest BCUT2D eigenvalue weighted by Gasteiger charge is -2.56. The largest absolute Gasteiger partial charge is 0.506 e. The van der Waals surface area contributed by atoms with Gasteiger partial charge in [0.05, 0.1) is 15.2 Å². The highest BCUT2D eigenvalue weighted by Gasteiger charge is 2.51. The highest BCUT2D eigenvalue weighted by Crippen LogP contribution is 2.55. The van der Waals surface area contributed by atoms with E-state index < -0.39 is 0 Å². The third kappa shape index (κ3) is 3.58. The van der Waals surface area contributed by atoms with Gasteiger partial charge < -0.3 is 10.4 Å². The molecule has 4 saturated carbocycles. The van der Waals surface area contributed by atoms with Crippen LogP contribution in [-0.4, -0.2) is 22.9 Å². The molecule has 0 heterocycles. The Bertz CT molecular complexity index is 677. The van der Waals surface area contributed by atoms with Gasteiger partial charge in [-0.2, -0.15) is 5.10 Å². The van der Waals surface area contributed by atoms with Gasteiger partial charge in [-0.05, 0) is 106 Å². The van der Waals surface area contributed by atoms with Crippen LogP contribution in [0.3, 0.4) is 0 Å². The number of rotatable bonds is 3. The Morgan fingerprint density at radius 2 is 1.64 bits per heavy atom. The third-order valence-electron chi connectivity index (χ3n) is 5.84. The van der Waals surface area contributed by atoms with Crippen molar-refractivity contribution in [3.8, 4) is 5.75 Å². The molecule has 7 heteroatoms. The summed E-state index contributed by atoms with van der Waals surface area (Å²) in [6, 6.07) is 3.25. The number of nitrogens with one attached hydrogen (secondary N) is 2. The maximum Gasteiger partial charge on any atom is 0.335 e. The van der Waals surface area contributed by atoms with Crippen LogP contribution in [0, 0.1) is 17.8 Å². The monoisotopic (exact) mass is 469 g/mol. The van der Waals surface area contributed by atoms with E-state index in [1.54, 1.807) is 18.3 Å². The predicted molar refractivity (Wildman–Crippen MR) is 104 cm³/mol. The van der Waals surface area contributed by atoms with Crippen molar-refractivity contribution in [2.75, 3.05) is 0 Å². The molecule has 0 saturated heterocycles. The summed E-state index contributed by atoms with van der Waals surface area (Å²) in [5.74, 6) is 2.52. The summed E-state index contributed by atoms with van der Waals surface area (Å²) >= 11 is 6.56. The molecule has 0 unspecified atom stereocenters. The van der Waals surface area contributed by atoms with E-state index in [4.69, 9.17) is 0 Å². The molecule has 25 heavy (non-hydrogen) atoms. The van der Waals surface area contributed by atoms with Gasteiger partial charge in [0, 0.05) is 5.54 Å². The quantitative estimate of drug-likeness (QED) is 0.448. The van der Waals surface area contributed by atoms with Crippen LogP contribution in [0.4, 0.5) is 4.79 Å². The molecule has 5 nitrogen and oxygen atoms in total. The number of hydrogen-bond acceptors (Lipinski definition) is 3.